The number of carboxylic acid groups (broad SMARTS) is 1. The normalized spacial score (nSPS) is 35.5. The van der Waals surface area contributed by atoms with E-state index in [-0.39, 0.29) is 18.7 Å². The van der Waals surface area contributed by atoms with Crippen molar-refractivity contribution in [3.8, 4) is 0 Å². The highest BCUT2D eigenvalue weighted by Gasteiger charge is 2.45. The highest BCUT2D eigenvalue weighted by atomic mass is 16.5. The highest BCUT2D eigenvalue weighted by Crippen LogP contribution is 2.38. The molecule has 0 spiro atoms. The van der Waals surface area contributed by atoms with Gasteiger partial charge in [-0.2, -0.15) is 0 Å². The summed E-state index contributed by atoms with van der Waals surface area (Å²) in [4.78, 5) is 27.7. The van der Waals surface area contributed by atoms with Crippen molar-refractivity contribution in [3.63, 3.8) is 0 Å². The monoisotopic (exact) mass is 282 g/mol. The molecular weight excluding hydrogens is 260 g/mol. The van der Waals surface area contributed by atoms with Gasteiger partial charge in [-0.05, 0) is 32.1 Å². The molecule has 4 unspecified atom stereocenters. The number of ether oxygens (including phenoxy) is 1. The van der Waals surface area contributed by atoms with E-state index in [4.69, 9.17) is 4.74 Å². The Morgan fingerprint density at radius 3 is 2.70 bits per heavy atom. The van der Waals surface area contributed by atoms with Crippen LogP contribution in [0.25, 0.3) is 0 Å². The second kappa shape index (κ2) is 5.24. The minimum absolute atomic E-state index is 0.00134. The molecule has 2 amide bonds. The van der Waals surface area contributed by atoms with Crippen molar-refractivity contribution in [3.05, 3.63) is 0 Å². The zero-order valence-electron chi connectivity index (χ0n) is 11.8. The minimum Gasteiger partial charge on any atom is -0.481 e. The first-order valence-electron chi connectivity index (χ1n) is 7.49. The third-order valence-corrected chi connectivity index (χ3v) is 5.01. The van der Waals surface area contributed by atoms with Crippen LogP contribution in [0.5, 0.6) is 0 Å². The van der Waals surface area contributed by atoms with Crippen LogP contribution in [-0.2, 0) is 9.53 Å². The topological polar surface area (TPSA) is 70.1 Å². The number of likely N-dealkylation sites (N-methyl/N-ethyl adjacent to an activating group) is 1. The number of hydrogen-bond donors (Lipinski definition) is 1. The number of fused-ring (bicyclic) bond motifs is 2. The summed E-state index contributed by atoms with van der Waals surface area (Å²) in [7, 11) is 0. The fraction of sp³-hybridized carbons (Fsp3) is 0.857. The van der Waals surface area contributed by atoms with E-state index in [9.17, 15) is 14.7 Å². The van der Waals surface area contributed by atoms with E-state index < -0.39 is 11.9 Å². The fourth-order valence-corrected chi connectivity index (χ4v) is 3.92. The van der Waals surface area contributed by atoms with E-state index in [1.807, 2.05) is 11.8 Å². The van der Waals surface area contributed by atoms with Crippen molar-refractivity contribution in [2.75, 3.05) is 26.3 Å². The van der Waals surface area contributed by atoms with Crippen molar-refractivity contribution in [2.45, 2.75) is 38.3 Å². The van der Waals surface area contributed by atoms with Gasteiger partial charge in [0.05, 0.1) is 19.3 Å². The largest absolute Gasteiger partial charge is 0.481 e. The first-order valence-corrected chi connectivity index (χ1v) is 7.49. The number of rotatable bonds is 3. The van der Waals surface area contributed by atoms with Crippen LogP contribution in [0.1, 0.15) is 26.2 Å². The van der Waals surface area contributed by atoms with Gasteiger partial charge in [-0.3, -0.25) is 4.79 Å². The zero-order chi connectivity index (χ0) is 14.3. The summed E-state index contributed by atoms with van der Waals surface area (Å²) >= 11 is 0. The second-order valence-electron chi connectivity index (χ2n) is 6.10. The Bertz CT molecular complexity index is 414. The maximum absolute atomic E-state index is 12.7. The number of carbonyl (C=O) groups excluding carboxylic acids is 1. The predicted molar refractivity (Wildman–Crippen MR) is 71.3 cm³/mol. The highest BCUT2D eigenvalue weighted by molar-refractivity contribution is 5.78. The molecule has 112 valence electrons. The number of piperidine rings is 1. The molecule has 2 aliphatic heterocycles. The average Bonchev–Trinajstić information content (AvgIpc) is 3.15. The van der Waals surface area contributed by atoms with E-state index in [0.29, 0.717) is 25.1 Å². The first-order chi connectivity index (χ1) is 9.61. The Balaban J connectivity index is 1.72. The van der Waals surface area contributed by atoms with Crippen LogP contribution in [0.2, 0.25) is 0 Å². The van der Waals surface area contributed by atoms with Crippen molar-refractivity contribution in [1.82, 2.24) is 9.80 Å². The molecule has 0 aromatic heterocycles. The van der Waals surface area contributed by atoms with E-state index >= 15 is 0 Å². The second-order valence-corrected chi connectivity index (χ2v) is 6.10. The van der Waals surface area contributed by atoms with Gasteiger partial charge in [-0.1, -0.05) is 0 Å². The van der Waals surface area contributed by atoms with Gasteiger partial charge < -0.3 is 19.6 Å². The molecule has 20 heavy (non-hydrogen) atoms. The Morgan fingerprint density at radius 1 is 1.35 bits per heavy atom. The van der Waals surface area contributed by atoms with E-state index in [1.54, 1.807) is 4.90 Å². The Morgan fingerprint density at radius 2 is 2.15 bits per heavy atom. The lowest BCUT2D eigenvalue weighted by Gasteiger charge is -2.36. The number of likely N-dealkylation sites (tertiary alicyclic amines) is 1. The maximum atomic E-state index is 12.7. The fourth-order valence-electron chi connectivity index (χ4n) is 3.92. The lowest BCUT2D eigenvalue weighted by Crippen LogP contribution is -2.53. The van der Waals surface area contributed by atoms with Gasteiger partial charge in [-0.25, -0.2) is 4.79 Å². The molecule has 0 aromatic carbocycles. The van der Waals surface area contributed by atoms with E-state index in [1.165, 1.54) is 6.42 Å². The number of carbonyl (C=O) groups is 2. The van der Waals surface area contributed by atoms with Crippen LogP contribution in [-0.4, -0.2) is 65.3 Å². The molecular formula is C14H22N2O4. The van der Waals surface area contributed by atoms with Gasteiger partial charge >= 0.3 is 12.0 Å². The Labute approximate surface area is 118 Å². The van der Waals surface area contributed by atoms with Crippen molar-refractivity contribution in [1.29, 1.82) is 0 Å². The summed E-state index contributed by atoms with van der Waals surface area (Å²) in [5, 5.41) is 9.25. The van der Waals surface area contributed by atoms with Gasteiger partial charge in [0.2, 0.25) is 0 Å². The minimum atomic E-state index is -0.873. The SMILES string of the molecule is CCN(C(=O)N1CC2CCC1C2)C1COCC1C(=O)O. The maximum Gasteiger partial charge on any atom is 0.320 e. The summed E-state index contributed by atoms with van der Waals surface area (Å²) in [5.74, 6) is -0.821. The molecule has 2 bridgehead atoms. The molecule has 6 heteroatoms. The molecule has 2 heterocycles. The van der Waals surface area contributed by atoms with Crippen LogP contribution >= 0.6 is 0 Å². The lowest BCUT2D eigenvalue weighted by atomic mass is 10.0. The summed E-state index contributed by atoms with van der Waals surface area (Å²) in [6.45, 7) is 3.81. The first kappa shape index (κ1) is 13.7. The smallest absolute Gasteiger partial charge is 0.320 e. The van der Waals surface area contributed by atoms with Gasteiger partial charge in [0.15, 0.2) is 0 Å². The zero-order valence-corrected chi connectivity index (χ0v) is 11.8. The summed E-state index contributed by atoms with van der Waals surface area (Å²) in [6, 6.07) is 0.0396. The van der Waals surface area contributed by atoms with Crippen molar-refractivity contribution >= 4 is 12.0 Å². The predicted octanol–water partition coefficient (Wildman–Crippen LogP) is 1.01. The van der Waals surface area contributed by atoms with Gasteiger partial charge in [0.1, 0.15) is 5.92 Å². The molecule has 6 nitrogen and oxygen atoms in total. The Hall–Kier alpha value is -1.30. The molecule has 3 aliphatic rings. The molecule has 1 aliphatic carbocycles. The summed E-state index contributed by atoms with van der Waals surface area (Å²) in [5.41, 5.74) is 0. The van der Waals surface area contributed by atoms with Gasteiger partial charge in [0.25, 0.3) is 0 Å². The number of amides is 2. The number of nitrogens with zero attached hydrogens (tertiary/aromatic N) is 2. The number of urea groups is 1. The molecule has 0 radical (unpaired) electrons. The van der Waals surface area contributed by atoms with Crippen LogP contribution in [0, 0.1) is 11.8 Å². The quantitative estimate of drug-likeness (QED) is 0.839. The molecule has 3 rings (SSSR count). The number of carboxylic acids is 1. The van der Waals surface area contributed by atoms with Crippen LogP contribution in [0.4, 0.5) is 4.79 Å². The molecule has 4 atom stereocenters. The van der Waals surface area contributed by atoms with Crippen molar-refractivity contribution in [2.24, 2.45) is 11.8 Å². The molecule has 1 N–H and O–H groups in total. The lowest BCUT2D eigenvalue weighted by molar-refractivity contribution is -0.142. The van der Waals surface area contributed by atoms with E-state index in [0.717, 1.165) is 19.4 Å². The van der Waals surface area contributed by atoms with Gasteiger partial charge in [0, 0.05) is 19.1 Å². The van der Waals surface area contributed by atoms with Crippen LogP contribution in [0.3, 0.4) is 0 Å². The van der Waals surface area contributed by atoms with Gasteiger partial charge in [-0.15, -0.1) is 0 Å². The third kappa shape index (κ3) is 2.16. The molecule has 1 saturated carbocycles. The average molecular weight is 282 g/mol. The Kier molecular flexibility index (Phi) is 3.58. The van der Waals surface area contributed by atoms with Crippen molar-refractivity contribution < 1.29 is 19.4 Å². The van der Waals surface area contributed by atoms with Crippen LogP contribution in [0.15, 0.2) is 0 Å². The summed E-state index contributed by atoms with van der Waals surface area (Å²) < 4.78 is 5.30. The number of hydrogen-bond acceptors (Lipinski definition) is 3. The molecule has 2 saturated heterocycles. The summed E-state index contributed by atoms with van der Waals surface area (Å²) in [6.07, 6.45) is 3.44. The molecule has 0 aromatic rings. The number of aliphatic carboxylic acids is 1. The van der Waals surface area contributed by atoms with Crippen LogP contribution < -0.4 is 0 Å². The van der Waals surface area contributed by atoms with E-state index in [2.05, 4.69) is 0 Å². The standard InChI is InChI=1S/C14H22N2O4/c1-2-15(12-8-20-7-11(12)13(17)18)14(19)16-6-9-3-4-10(16)5-9/h9-12H,2-8H2,1H3,(H,17,18). The third-order valence-electron chi connectivity index (χ3n) is 5.01. The molecule has 3 fully saturated rings.